The summed E-state index contributed by atoms with van der Waals surface area (Å²) in [4.78, 5) is 58.9. The minimum Gasteiger partial charge on any atom is -0.457 e. The highest BCUT2D eigenvalue weighted by Crippen LogP contribution is 2.31. The molecule has 18 heteroatoms. The van der Waals surface area contributed by atoms with Crippen LogP contribution >= 0.6 is 47.2 Å². The largest absolute Gasteiger partial charge is 0.457 e. The van der Waals surface area contributed by atoms with Gasteiger partial charge in [0.05, 0.1) is 14.2 Å². The van der Waals surface area contributed by atoms with Gasteiger partial charge in [0.15, 0.2) is 0 Å². The number of ether oxygens (including phenoxy) is 4. The Kier molecular flexibility index (Phi) is 30.9. The number of benzene rings is 2. The van der Waals surface area contributed by atoms with Crippen LogP contribution in [0.25, 0.3) is 0 Å². The fourth-order valence-corrected chi connectivity index (χ4v) is 9.89. The minimum atomic E-state index is -0.773. The topological polar surface area (TPSA) is 125 Å². The van der Waals surface area contributed by atoms with Crippen LogP contribution in [-0.4, -0.2) is 176 Å². The summed E-state index contributed by atoms with van der Waals surface area (Å²) in [6.45, 7) is 27.7. The van der Waals surface area contributed by atoms with E-state index in [9.17, 15) is 19.2 Å². The van der Waals surface area contributed by atoms with E-state index in [1.165, 1.54) is 57.8 Å². The van der Waals surface area contributed by atoms with Crippen molar-refractivity contribution in [2.24, 2.45) is 5.92 Å². The van der Waals surface area contributed by atoms with Crippen LogP contribution in [0.15, 0.2) is 73.8 Å². The lowest BCUT2D eigenvalue weighted by Gasteiger charge is -2.49. The molecular weight excluding hydrogens is 990 g/mol. The van der Waals surface area contributed by atoms with E-state index in [4.69, 9.17) is 37.4 Å². The molecule has 0 aliphatic carbocycles. The van der Waals surface area contributed by atoms with Gasteiger partial charge in [-0.25, -0.2) is 19.2 Å². The lowest BCUT2D eigenvalue weighted by molar-refractivity contribution is -0.00818. The normalized spacial score (nSPS) is 20.8. The first-order valence-corrected chi connectivity index (χ1v) is 26.1. The van der Waals surface area contributed by atoms with Gasteiger partial charge in [-0.15, -0.1) is 12.4 Å². The molecule has 4 aliphatic rings. The first-order chi connectivity index (χ1) is 33.6. The van der Waals surface area contributed by atoms with E-state index in [2.05, 4.69) is 90.9 Å². The minimum absolute atomic E-state index is 0. The van der Waals surface area contributed by atoms with Gasteiger partial charge in [0.25, 0.3) is 0 Å². The Morgan fingerprint density at radius 3 is 1.39 bits per heavy atom. The molecule has 2 aromatic rings. The predicted molar refractivity (Wildman–Crippen MR) is 290 cm³/mol. The number of nitrogens with zero attached hydrogens (tertiary/aromatic N) is 6. The highest BCUT2D eigenvalue weighted by atomic mass is 35.5. The Labute approximate surface area is 446 Å². The van der Waals surface area contributed by atoms with Gasteiger partial charge < -0.3 is 38.5 Å². The van der Waals surface area contributed by atoms with Crippen molar-refractivity contribution in [1.29, 1.82) is 0 Å². The summed E-state index contributed by atoms with van der Waals surface area (Å²) in [7, 11) is 2.64. The molecule has 0 bridgehead atoms. The van der Waals surface area contributed by atoms with Gasteiger partial charge in [-0.3, -0.25) is 9.80 Å². The van der Waals surface area contributed by atoms with Crippen molar-refractivity contribution < 1.29 is 38.1 Å². The van der Waals surface area contributed by atoms with Crippen LogP contribution in [0.3, 0.4) is 0 Å². The van der Waals surface area contributed by atoms with Crippen molar-refractivity contribution in [3.8, 4) is 0 Å². The highest BCUT2D eigenvalue weighted by molar-refractivity contribution is 6.61. The molecule has 4 aliphatic heterocycles. The maximum atomic E-state index is 12.3. The van der Waals surface area contributed by atoms with Gasteiger partial charge in [0.1, 0.15) is 13.2 Å². The molecular formula is C53H82Cl4N6O8. The van der Waals surface area contributed by atoms with E-state index in [1.807, 2.05) is 46.2 Å². The molecule has 4 fully saturated rings. The second-order valence-electron chi connectivity index (χ2n) is 18.2. The monoisotopic (exact) mass is 1070 g/mol. The average Bonchev–Trinajstić information content (AvgIpc) is 3.38. The van der Waals surface area contributed by atoms with Crippen molar-refractivity contribution in [2.75, 3.05) is 92.9 Å². The molecule has 4 atom stereocenters. The molecule has 3 amide bonds. The molecule has 0 spiro atoms. The van der Waals surface area contributed by atoms with Crippen molar-refractivity contribution in [2.45, 2.75) is 116 Å². The number of piperidine rings is 3. The molecule has 14 nitrogen and oxygen atoms in total. The third kappa shape index (κ3) is 22.1. The lowest BCUT2D eigenvalue weighted by Crippen LogP contribution is -2.63. The van der Waals surface area contributed by atoms with Crippen LogP contribution in [0, 0.1) is 5.92 Å². The number of amides is 3. The van der Waals surface area contributed by atoms with Gasteiger partial charge in [0.2, 0.25) is 0 Å². The van der Waals surface area contributed by atoms with Crippen molar-refractivity contribution in [3.05, 3.63) is 95.0 Å². The van der Waals surface area contributed by atoms with Crippen molar-refractivity contribution >= 4 is 70.9 Å². The summed E-state index contributed by atoms with van der Waals surface area (Å²) in [5, 5.41) is 1.51. The maximum Gasteiger partial charge on any atom is 0.410 e. The molecule has 2 aromatic carbocycles. The second-order valence-corrected chi connectivity index (χ2v) is 19.4. The molecule has 0 unspecified atom stereocenters. The quantitative estimate of drug-likeness (QED) is 0.108. The Bertz CT molecular complexity index is 1860. The fraction of sp³-hybridized carbons (Fsp3) is 0.623. The standard InChI is InChI=1S/C23H32ClN3O4.C22H31ClN2O2.C6H15N.C2H3ClO2.ClH/c1-4-13-31-22(28)25-11-9-20(10-12-25)27-15-17(2)26(23(29)30-3)16-21(27)14-18-5-7-19(24)8-6-18;1-3-14-27-22(26)24-12-10-20(11-13-24)25-16-17(2)4-9-21(25)15-18-5-7-19(23)8-6-18;1-4-7(5-2)6-3;1-5-2(3)4;/h4-8,17,20-21H,1,9-16H2,2-3H3;3,5-8,17,20-21H,1,4,9-16H2,2H3;4-6H2,1-3H3;1H3;1H/t2*17-,21-;;;/m01.../s1. The predicted octanol–water partition coefficient (Wildman–Crippen LogP) is 11.3. The Morgan fingerprint density at radius 1 is 0.620 bits per heavy atom. The maximum absolute atomic E-state index is 12.3. The van der Waals surface area contributed by atoms with Gasteiger partial charge in [-0.05, 0) is 119 Å². The summed E-state index contributed by atoms with van der Waals surface area (Å²) in [6, 6.07) is 17.9. The van der Waals surface area contributed by atoms with Gasteiger partial charge in [-0.1, -0.05) is 100 Å². The molecule has 4 heterocycles. The summed E-state index contributed by atoms with van der Waals surface area (Å²) in [5.41, 5.74) is 1.77. The van der Waals surface area contributed by atoms with Crippen LogP contribution in [0.1, 0.15) is 84.3 Å². The number of methoxy groups -OCH3 is 2. The molecule has 4 saturated heterocycles. The summed E-state index contributed by atoms with van der Waals surface area (Å²) < 4.78 is 19.3. The lowest BCUT2D eigenvalue weighted by atomic mass is 9.87. The summed E-state index contributed by atoms with van der Waals surface area (Å²) in [5.74, 6) is 0.738. The summed E-state index contributed by atoms with van der Waals surface area (Å²) in [6.07, 6.45) is 10.6. The van der Waals surface area contributed by atoms with E-state index in [-0.39, 0.29) is 56.0 Å². The fourth-order valence-electron chi connectivity index (χ4n) is 9.63. The van der Waals surface area contributed by atoms with E-state index < -0.39 is 5.43 Å². The molecule has 0 N–H and O–H groups in total. The van der Waals surface area contributed by atoms with Gasteiger partial charge >= 0.3 is 23.7 Å². The zero-order valence-electron chi connectivity index (χ0n) is 43.3. The smallest absolute Gasteiger partial charge is 0.410 e. The van der Waals surface area contributed by atoms with Crippen molar-refractivity contribution in [1.82, 2.24) is 29.4 Å². The van der Waals surface area contributed by atoms with Crippen molar-refractivity contribution in [3.63, 3.8) is 0 Å². The van der Waals surface area contributed by atoms with Crippen LogP contribution in [0.4, 0.5) is 19.2 Å². The van der Waals surface area contributed by atoms with Gasteiger partial charge in [0, 0.05) is 97.7 Å². The third-order valence-electron chi connectivity index (χ3n) is 13.6. The number of hydrogen-bond donors (Lipinski definition) is 0. The first-order valence-electron chi connectivity index (χ1n) is 25.0. The van der Waals surface area contributed by atoms with Crippen LogP contribution in [-0.2, 0) is 31.8 Å². The number of carbonyl (C=O) groups excluding carboxylic acids is 4. The van der Waals surface area contributed by atoms with Crippen LogP contribution in [0.2, 0.25) is 10.0 Å². The number of likely N-dealkylation sites (tertiary alicyclic amines) is 3. The van der Waals surface area contributed by atoms with Gasteiger partial charge in [-0.2, -0.15) is 0 Å². The Morgan fingerprint density at radius 2 is 1.03 bits per heavy atom. The molecule has 6 rings (SSSR count). The Balaban J connectivity index is 0.000000393. The van der Waals surface area contributed by atoms with E-state index in [0.717, 1.165) is 75.6 Å². The zero-order chi connectivity index (χ0) is 51.6. The molecule has 71 heavy (non-hydrogen) atoms. The number of halogens is 4. The molecule has 0 saturated carbocycles. The van der Waals surface area contributed by atoms with Crippen LogP contribution < -0.4 is 0 Å². The molecule has 400 valence electrons. The molecule has 0 aromatic heterocycles. The molecule has 0 radical (unpaired) electrons. The second kappa shape index (κ2) is 34.6. The third-order valence-corrected chi connectivity index (χ3v) is 14.2. The highest BCUT2D eigenvalue weighted by Gasteiger charge is 2.40. The van der Waals surface area contributed by atoms with E-state index in [1.54, 1.807) is 17.1 Å². The van der Waals surface area contributed by atoms with E-state index >= 15 is 0 Å². The number of piperazine rings is 1. The number of carbonyl (C=O) groups is 4. The van der Waals surface area contributed by atoms with Crippen LogP contribution in [0.5, 0.6) is 0 Å². The summed E-state index contributed by atoms with van der Waals surface area (Å²) >= 11 is 16.7. The van der Waals surface area contributed by atoms with E-state index in [0.29, 0.717) is 42.8 Å². The first kappa shape index (κ1) is 63.4. The Hall–Kier alpha value is -3.76. The number of hydrogen-bond acceptors (Lipinski definition) is 11. The number of rotatable bonds is 13. The average molecular weight is 1070 g/mol. The SMILES string of the molecule is C=CCOC(=O)N1CCC(N2C[C@H](C)CC[C@@H]2Cc2ccc(Cl)cc2)CC1.C=CCOC(=O)N1CCC(N2C[C@H](C)N(C(=O)OC)C[C@@H]2Cc2ccc(Cl)cc2)CC1.CCN(CC)CC.COC(=O)Cl.Cl. The zero-order valence-corrected chi connectivity index (χ0v) is 46.4.